The standard InChI is InChI=1S/C15H15N3O4S/c16-11-6-7-18(15(20)17-11)12-9-23-13(22-12)8-21-14(19)10-4-2-1-3-5-10/h1-7,12-13H,8-9H2,(H2,16,17,20)/t12-,13-/m0/s1. The summed E-state index contributed by atoms with van der Waals surface area (Å²) in [4.78, 5) is 27.3. The van der Waals surface area contributed by atoms with E-state index in [0.717, 1.165) is 0 Å². The Hall–Kier alpha value is -2.32. The summed E-state index contributed by atoms with van der Waals surface area (Å²) in [7, 11) is 0. The average molecular weight is 333 g/mol. The summed E-state index contributed by atoms with van der Waals surface area (Å²) in [6.45, 7) is 0.117. The molecule has 1 aliphatic rings. The predicted octanol–water partition coefficient (Wildman–Crippen LogP) is 1.27. The van der Waals surface area contributed by atoms with Crippen LogP contribution >= 0.6 is 11.8 Å². The van der Waals surface area contributed by atoms with Gasteiger partial charge in [0, 0.05) is 11.9 Å². The molecule has 2 N–H and O–H groups in total. The Morgan fingerprint density at radius 3 is 2.91 bits per heavy atom. The molecule has 0 spiro atoms. The molecule has 0 amide bonds. The van der Waals surface area contributed by atoms with Gasteiger partial charge in [-0.05, 0) is 18.2 Å². The van der Waals surface area contributed by atoms with Crippen molar-refractivity contribution in [2.75, 3.05) is 18.1 Å². The number of benzene rings is 1. The van der Waals surface area contributed by atoms with Crippen molar-refractivity contribution in [1.82, 2.24) is 9.55 Å². The zero-order valence-electron chi connectivity index (χ0n) is 12.1. The summed E-state index contributed by atoms with van der Waals surface area (Å²) >= 11 is 1.48. The van der Waals surface area contributed by atoms with E-state index in [1.54, 1.807) is 30.5 Å². The number of carbonyl (C=O) groups is 1. The Labute approximate surface area is 136 Å². The van der Waals surface area contributed by atoms with E-state index in [9.17, 15) is 9.59 Å². The zero-order valence-corrected chi connectivity index (χ0v) is 12.9. The van der Waals surface area contributed by atoms with E-state index in [2.05, 4.69) is 4.98 Å². The van der Waals surface area contributed by atoms with E-state index in [1.807, 2.05) is 6.07 Å². The van der Waals surface area contributed by atoms with Crippen molar-refractivity contribution in [2.45, 2.75) is 11.7 Å². The number of thioether (sulfide) groups is 1. The van der Waals surface area contributed by atoms with E-state index in [-0.39, 0.29) is 17.9 Å². The van der Waals surface area contributed by atoms with Crippen molar-refractivity contribution in [2.24, 2.45) is 0 Å². The number of nitrogens with two attached hydrogens (primary N) is 1. The lowest BCUT2D eigenvalue weighted by Crippen LogP contribution is -2.29. The first-order chi connectivity index (χ1) is 11.1. The Bertz CT molecular complexity index is 750. The van der Waals surface area contributed by atoms with Crippen LogP contribution in [0.1, 0.15) is 16.6 Å². The normalized spacial score (nSPS) is 20.3. The molecule has 7 nitrogen and oxygen atoms in total. The van der Waals surface area contributed by atoms with Crippen LogP contribution in [0, 0.1) is 0 Å². The second kappa shape index (κ2) is 6.84. The van der Waals surface area contributed by atoms with Gasteiger partial charge in [0.15, 0.2) is 0 Å². The minimum atomic E-state index is -0.461. The summed E-state index contributed by atoms with van der Waals surface area (Å²) in [6, 6.07) is 10.3. The van der Waals surface area contributed by atoms with Crippen LogP contribution in [0.5, 0.6) is 0 Å². The molecule has 0 radical (unpaired) electrons. The molecule has 8 heteroatoms. The monoisotopic (exact) mass is 333 g/mol. The number of carbonyl (C=O) groups excluding carboxylic acids is 1. The van der Waals surface area contributed by atoms with Crippen LogP contribution in [-0.4, -0.2) is 33.3 Å². The molecule has 2 aromatic rings. The van der Waals surface area contributed by atoms with Gasteiger partial charge in [-0.3, -0.25) is 4.57 Å². The van der Waals surface area contributed by atoms with Crippen LogP contribution in [0.3, 0.4) is 0 Å². The molecule has 120 valence electrons. The number of hydrogen-bond donors (Lipinski definition) is 1. The van der Waals surface area contributed by atoms with Crippen molar-refractivity contribution in [3.8, 4) is 0 Å². The van der Waals surface area contributed by atoms with Gasteiger partial charge in [0.2, 0.25) is 0 Å². The number of rotatable bonds is 4. The Balaban J connectivity index is 1.56. The van der Waals surface area contributed by atoms with E-state index in [4.69, 9.17) is 15.2 Å². The lowest BCUT2D eigenvalue weighted by atomic mass is 10.2. The summed E-state index contributed by atoms with van der Waals surface area (Å²) < 4.78 is 12.3. The smallest absolute Gasteiger partial charge is 0.351 e. The van der Waals surface area contributed by atoms with Crippen LogP contribution in [0.15, 0.2) is 47.4 Å². The maximum Gasteiger partial charge on any atom is 0.351 e. The van der Waals surface area contributed by atoms with Crippen LogP contribution < -0.4 is 11.4 Å². The lowest BCUT2D eigenvalue weighted by molar-refractivity contribution is -0.0177. The number of aromatic nitrogens is 2. The summed E-state index contributed by atoms with van der Waals surface area (Å²) in [5.41, 5.74) is 5.17. The van der Waals surface area contributed by atoms with Gasteiger partial charge in [-0.25, -0.2) is 9.59 Å². The summed E-state index contributed by atoms with van der Waals surface area (Å²) in [5.74, 6) is 0.341. The molecular weight excluding hydrogens is 318 g/mol. The Morgan fingerprint density at radius 2 is 2.17 bits per heavy atom. The Morgan fingerprint density at radius 1 is 1.39 bits per heavy atom. The van der Waals surface area contributed by atoms with E-state index in [0.29, 0.717) is 11.3 Å². The largest absolute Gasteiger partial charge is 0.458 e. The molecule has 1 aromatic heterocycles. The van der Waals surface area contributed by atoms with Gasteiger partial charge in [0.1, 0.15) is 24.1 Å². The van der Waals surface area contributed by atoms with Gasteiger partial charge in [-0.2, -0.15) is 4.98 Å². The van der Waals surface area contributed by atoms with Crippen molar-refractivity contribution < 1.29 is 14.3 Å². The first-order valence-corrected chi connectivity index (χ1v) is 8.02. The number of anilines is 1. The molecule has 1 aromatic carbocycles. The molecule has 3 rings (SSSR count). The minimum absolute atomic E-state index is 0.117. The van der Waals surface area contributed by atoms with E-state index < -0.39 is 17.9 Å². The maximum atomic E-state index is 11.9. The lowest BCUT2D eigenvalue weighted by Gasteiger charge is -2.14. The average Bonchev–Trinajstić information content (AvgIpc) is 3.02. The fourth-order valence-corrected chi connectivity index (χ4v) is 3.11. The highest BCUT2D eigenvalue weighted by atomic mass is 32.2. The molecule has 1 aliphatic heterocycles. The van der Waals surface area contributed by atoms with Crippen LogP contribution in [0.2, 0.25) is 0 Å². The highest BCUT2D eigenvalue weighted by Gasteiger charge is 2.29. The topological polar surface area (TPSA) is 96.4 Å². The molecular formula is C15H15N3O4S. The van der Waals surface area contributed by atoms with Gasteiger partial charge in [-0.1, -0.05) is 18.2 Å². The van der Waals surface area contributed by atoms with E-state index in [1.165, 1.54) is 22.4 Å². The third-order valence-electron chi connectivity index (χ3n) is 3.26. The fraction of sp³-hybridized carbons (Fsp3) is 0.267. The number of esters is 1. The first kappa shape index (κ1) is 15.6. The predicted molar refractivity (Wildman–Crippen MR) is 86.0 cm³/mol. The highest BCUT2D eigenvalue weighted by molar-refractivity contribution is 8.00. The molecule has 2 heterocycles. The molecule has 0 bridgehead atoms. The Kier molecular flexibility index (Phi) is 4.63. The fourth-order valence-electron chi connectivity index (χ4n) is 2.12. The summed E-state index contributed by atoms with van der Waals surface area (Å²) in [5, 5.41) is 0. The second-order valence-corrected chi connectivity index (χ2v) is 6.05. The van der Waals surface area contributed by atoms with E-state index >= 15 is 0 Å². The number of ether oxygens (including phenoxy) is 2. The molecule has 1 fully saturated rings. The second-order valence-electron chi connectivity index (χ2n) is 4.86. The van der Waals surface area contributed by atoms with Gasteiger partial charge < -0.3 is 15.2 Å². The van der Waals surface area contributed by atoms with Crippen molar-refractivity contribution >= 4 is 23.5 Å². The van der Waals surface area contributed by atoms with Crippen LogP contribution in [0.25, 0.3) is 0 Å². The van der Waals surface area contributed by atoms with Gasteiger partial charge in [0.05, 0.1) is 5.56 Å². The third kappa shape index (κ3) is 3.72. The maximum absolute atomic E-state index is 11.9. The molecule has 0 saturated carbocycles. The number of nitrogens with zero attached hydrogens (tertiary/aromatic N) is 2. The molecule has 2 atom stereocenters. The SMILES string of the molecule is Nc1ccn([C@@H]2CS[C@@H](COC(=O)c3ccccc3)O2)c(=O)n1. The van der Waals surface area contributed by atoms with Gasteiger partial charge in [0.25, 0.3) is 0 Å². The molecule has 0 unspecified atom stereocenters. The minimum Gasteiger partial charge on any atom is -0.458 e. The van der Waals surface area contributed by atoms with Gasteiger partial charge in [-0.15, -0.1) is 11.8 Å². The third-order valence-corrected chi connectivity index (χ3v) is 4.35. The van der Waals surface area contributed by atoms with Crippen LogP contribution in [0.4, 0.5) is 5.82 Å². The molecule has 23 heavy (non-hydrogen) atoms. The number of hydrogen-bond acceptors (Lipinski definition) is 7. The van der Waals surface area contributed by atoms with Crippen molar-refractivity contribution in [3.05, 3.63) is 58.6 Å². The molecule has 0 aliphatic carbocycles. The van der Waals surface area contributed by atoms with Crippen molar-refractivity contribution in [1.29, 1.82) is 0 Å². The highest BCUT2D eigenvalue weighted by Crippen LogP contribution is 2.31. The quantitative estimate of drug-likeness (QED) is 0.842. The van der Waals surface area contributed by atoms with Gasteiger partial charge >= 0.3 is 11.7 Å². The molecule has 1 saturated heterocycles. The first-order valence-electron chi connectivity index (χ1n) is 6.97. The zero-order chi connectivity index (χ0) is 16.2. The summed E-state index contributed by atoms with van der Waals surface area (Å²) in [6.07, 6.45) is 1.11. The van der Waals surface area contributed by atoms with Crippen LogP contribution in [-0.2, 0) is 9.47 Å². The number of nitrogen functional groups attached to an aromatic ring is 1. The van der Waals surface area contributed by atoms with Crippen molar-refractivity contribution in [3.63, 3.8) is 0 Å².